The molecule has 6 heteroatoms. The zero-order valence-corrected chi connectivity index (χ0v) is 10.8. The van der Waals surface area contributed by atoms with E-state index in [1.165, 1.54) is 0 Å². The number of amides is 2. The molecule has 1 aliphatic carbocycles. The summed E-state index contributed by atoms with van der Waals surface area (Å²) in [7, 11) is 1.62. The van der Waals surface area contributed by atoms with E-state index in [4.69, 9.17) is 9.84 Å². The number of carboxylic acids is 1. The number of rotatable bonds is 8. The number of urea groups is 1. The van der Waals surface area contributed by atoms with Crippen molar-refractivity contribution in [3.05, 3.63) is 0 Å². The zero-order valence-electron chi connectivity index (χ0n) is 10.8. The van der Waals surface area contributed by atoms with E-state index in [0.29, 0.717) is 19.7 Å². The molecule has 1 rings (SSSR count). The van der Waals surface area contributed by atoms with Gasteiger partial charge in [0.2, 0.25) is 0 Å². The Morgan fingerprint density at radius 1 is 1.33 bits per heavy atom. The molecule has 3 N–H and O–H groups in total. The molecule has 0 aromatic carbocycles. The third-order valence-electron chi connectivity index (χ3n) is 3.38. The highest BCUT2D eigenvalue weighted by Gasteiger charge is 2.39. The molecule has 1 fully saturated rings. The van der Waals surface area contributed by atoms with Crippen LogP contribution in [0.15, 0.2) is 0 Å². The van der Waals surface area contributed by atoms with Gasteiger partial charge in [0.05, 0.1) is 6.42 Å². The highest BCUT2D eigenvalue weighted by molar-refractivity contribution is 5.74. The Balaban J connectivity index is 2.18. The van der Waals surface area contributed by atoms with Gasteiger partial charge in [0, 0.05) is 26.8 Å². The van der Waals surface area contributed by atoms with Crippen molar-refractivity contribution in [2.24, 2.45) is 5.41 Å². The maximum Gasteiger partial charge on any atom is 0.314 e. The van der Waals surface area contributed by atoms with E-state index >= 15 is 0 Å². The van der Waals surface area contributed by atoms with E-state index in [0.717, 1.165) is 25.7 Å². The van der Waals surface area contributed by atoms with Crippen LogP contribution in [0.5, 0.6) is 0 Å². The normalized spacial score (nSPS) is 16.7. The summed E-state index contributed by atoms with van der Waals surface area (Å²) in [5.41, 5.74) is -0.226. The molecule has 18 heavy (non-hydrogen) atoms. The SMILES string of the molecule is COCCCNC(=O)NCC1(CC(=O)O)CCC1. The van der Waals surface area contributed by atoms with Gasteiger partial charge in [0.1, 0.15) is 0 Å². The number of carbonyl (C=O) groups excluding carboxylic acids is 1. The largest absolute Gasteiger partial charge is 0.481 e. The summed E-state index contributed by atoms with van der Waals surface area (Å²) in [5.74, 6) is -0.794. The highest BCUT2D eigenvalue weighted by atomic mass is 16.5. The van der Waals surface area contributed by atoms with Crippen LogP contribution in [0.3, 0.4) is 0 Å². The minimum absolute atomic E-state index is 0.136. The van der Waals surface area contributed by atoms with Crippen LogP contribution in [0.4, 0.5) is 4.79 Å². The Morgan fingerprint density at radius 3 is 2.56 bits per heavy atom. The van der Waals surface area contributed by atoms with Crippen LogP contribution in [0.1, 0.15) is 32.1 Å². The molecule has 1 aliphatic rings. The van der Waals surface area contributed by atoms with Gasteiger partial charge in [-0.1, -0.05) is 6.42 Å². The summed E-state index contributed by atoms with van der Waals surface area (Å²) in [4.78, 5) is 22.2. The number of aliphatic carboxylic acids is 1. The van der Waals surface area contributed by atoms with Gasteiger partial charge in [-0.25, -0.2) is 4.79 Å². The molecule has 0 heterocycles. The number of carboxylic acid groups (broad SMARTS) is 1. The quantitative estimate of drug-likeness (QED) is 0.566. The fraction of sp³-hybridized carbons (Fsp3) is 0.833. The molecular formula is C12H22N2O4. The van der Waals surface area contributed by atoms with E-state index in [1.54, 1.807) is 7.11 Å². The predicted molar refractivity (Wildman–Crippen MR) is 66.4 cm³/mol. The van der Waals surface area contributed by atoms with Gasteiger partial charge in [0.25, 0.3) is 0 Å². The summed E-state index contributed by atoms with van der Waals surface area (Å²) in [6.07, 6.45) is 3.71. The standard InChI is InChI=1S/C12H22N2O4/c1-18-7-3-6-13-11(17)14-9-12(4-2-5-12)8-10(15)16/h2-9H2,1H3,(H,15,16)(H2,13,14,17). The molecule has 0 saturated heterocycles. The average Bonchev–Trinajstić information content (AvgIpc) is 2.27. The van der Waals surface area contributed by atoms with Gasteiger partial charge in [-0.3, -0.25) is 4.79 Å². The Morgan fingerprint density at radius 2 is 2.06 bits per heavy atom. The molecule has 2 amide bonds. The molecular weight excluding hydrogens is 236 g/mol. The van der Waals surface area contributed by atoms with Gasteiger partial charge in [0.15, 0.2) is 0 Å². The fourth-order valence-corrected chi connectivity index (χ4v) is 2.16. The Labute approximate surface area is 107 Å². The number of carbonyl (C=O) groups is 2. The third kappa shape index (κ3) is 4.91. The molecule has 0 spiro atoms. The first-order valence-electron chi connectivity index (χ1n) is 6.30. The topological polar surface area (TPSA) is 87.7 Å². The van der Waals surface area contributed by atoms with E-state index in [9.17, 15) is 9.59 Å². The van der Waals surface area contributed by atoms with Crippen molar-refractivity contribution in [2.75, 3.05) is 26.8 Å². The number of hydrogen-bond acceptors (Lipinski definition) is 3. The lowest BCUT2D eigenvalue weighted by molar-refractivity contribution is -0.141. The van der Waals surface area contributed by atoms with Gasteiger partial charge in [-0.05, 0) is 24.7 Å². The maximum absolute atomic E-state index is 11.5. The minimum atomic E-state index is -0.794. The summed E-state index contributed by atoms with van der Waals surface area (Å²) in [6.45, 7) is 1.62. The molecule has 0 bridgehead atoms. The third-order valence-corrected chi connectivity index (χ3v) is 3.38. The number of hydrogen-bond donors (Lipinski definition) is 3. The average molecular weight is 258 g/mol. The molecule has 0 aliphatic heterocycles. The molecule has 0 atom stereocenters. The number of nitrogens with one attached hydrogen (secondary N) is 2. The Bertz CT molecular complexity index is 290. The van der Waals surface area contributed by atoms with Crippen molar-refractivity contribution in [1.29, 1.82) is 0 Å². The monoisotopic (exact) mass is 258 g/mol. The minimum Gasteiger partial charge on any atom is -0.481 e. The summed E-state index contributed by atoms with van der Waals surface area (Å²) < 4.78 is 4.87. The van der Waals surface area contributed by atoms with E-state index in [-0.39, 0.29) is 17.9 Å². The van der Waals surface area contributed by atoms with Crippen molar-refractivity contribution in [3.63, 3.8) is 0 Å². The van der Waals surface area contributed by atoms with E-state index in [2.05, 4.69) is 10.6 Å². The van der Waals surface area contributed by atoms with Crippen LogP contribution in [-0.4, -0.2) is 43.9 Å². The van der Waals surface area contributed by atoms with E-state index < -0.39 is 5.97 Å². The highest BCUT2D eigenvalue weighted by Crippen LogP contribution is 2.43. The first-order chi connectivity index (χ1) is 8.58. The number of ether oxygens (including phenoxy) is 1. The van der Waals surface area contributed by atoms with Crippen LogP contribution in [0.2, 0.25) is 0 Å². The Kier molecular flexibility index (Phi) is 5.91. The van der Waals surface area contributed by atoms with Crippen molar-refractivity contribution >= 4 is 12.0 Å². The zero-order chi connectivity index (χ0) is 13.4. The second-order valence-corrected chi connectivity index (χ2v) is 4.88. The lowest BCUT2D eigenvalue weighted by Gasteiger charge is -2.40. The lowest BCUT2D eigenvalue weighted by Crippen LogP contribution is -2.46. The van der Waals surface area contributed by atoms with Crippen molar-refractivity contribution in [1.82, 2.24) is 10.6 Å². The van der Waals surface area contributed by atoms with Crippen LogP contribution >= 0.6 is 0 Å². The van der Waals surface area contributed by atoms with Crippen LogP contribution in [-0.2, 0) is 9.53 Å². The van der Waals surface area contributed by atoms with Gasteiger partial charge >= 0.3 is 12.0 Å². The van der Waals surface area contributed by atoms with Gasteiger partial charge in [-0.15, -0.1) is 0 Å². The number of methoxy groups -OCH3 is 1. The smallest absolute Gasteiger partial charge is 0.314 e. The molecule has 0 aromatic rings. The van der Waals surface area contributed by atoms with Gasteiger partial charge in [-0.2, -0.15) is 0 Å². The fourth-order valence-electron chi connectivity index (χ4n) is 2.16. The van der Waals surface area contributed by atoms with Crippen LogP contribution in [0, 0.1) is 5.41 Å². The van der Waals surface area contributed by atoms with E-state index in [1.807, 2.05) is 0 Å². The van der Waals surface area contributed by atoms with Crippen LogP contribution in [0.25, 0.3) is 0 Å². The summed E-state index contributed by atoms with van der Waals surface area (Å²) in [5, 5.41) is 14.3. The van der Waals surface area contributed by atoms with Crippen molar-refractivity contribution in [3.8, 4) is 0 Å². The first kappa shape index (κ1) is 14.8. The van der Waals surface area contributed by atoms with Gasteiger partial charge < -0.3 is 20.5 Å². The second kappa shape index (κ2) is 7.20. The molecule has 0 radical (unpaired) electrons. The molecule has 0 unspecified atom stereocenters. The predicted octanol–water partition coefficient (Wildman–Crippen LogP) is 0.967. The summed E-state index contributed by atoms with van der Waals surface area (Å²) in [6, 6.07) is -0.234. The van der Waals surface area contributed by atoms with Crippen LogP contribution < -0.4 is 10.6 Å². The van der Waals surface area contributed by atoms with Crippen molar-refractivity contribution in [2.45, 2.75) is 32.1 Å². The molecule has 6 nitrogen and oxygen atoms in total. The van der Waals surface area contributed by atoms with Crippen molar-refractivity contribution < 1.29 is 19.4 Å². The molecule has 1 saturated carbocycles. The summed E-state index contributed by atoms with van der Waals surface area (Å²) >= 11 is 0. The maximum atomic E-state index is 11.5. The Hall–Kier alpha value is -1.30. The molecule has 0 aromatic heterocycles. The first-order valence-corrected chi connectivity index (χ1v) is 6.30. The second-order valence-electron chi connectivity index (χ2n) is 4.88. The molecule has 104 valence electrons. The lowest BCUT2D eigenvalue weighted by atomic mass is 9.66.